The van der Waals surface area contributed by atoms with E-state index in [1.807, 2.05) is 70.2 Å². The quantitative estimate of drug-likeness (QED) is 0.0445. The van der Waals surface area contributed by atoms with Crippen molar-refractivity contribution in [1.82, 2.24) is 15.2 Å². The number of hydrogen-bond donors (Lipinski definition) is 4. The van der Waals surface area contributed by atoms with E-state index in [9.17, 15) is 9.59 Å². The number of hydrazone groups is 1. The van der Waals surface area contributed by atoms with Gasteiger partial charge in [0.1, 0.15) is 0 Å². The van der Waals surface area contributed by atoms with Gasteiger partial charge < -0.3 is 15.8 Å². The van der Waals surface area contributed by atoms with Gasteiger partial charge in [-0.05, 0) is 42.0 Å². The summed E-state index contributed by atoms with van der Waals surface area (Å²) in [6.45, 7) is 18.6. The zero-order valence-electron chi connectivity index (χ0n) is 25.7. The van der Waals surface area contributed by atoms with Gasteiger partial charge >= 0.3 is 0 Å². The number of hydrogen-bond acceptors (Lipinski definition) is 6. The second kappa shape index (κ2) is 22.6. The SMILES string of the molecule is C=C/C=C(\C=C)CN(N)/N=C(\N)C(=O)NC(Cc1ccc(-c2ccccc2)cc1)C[C@@H](C)C(=O)NSC.C=CC.CC. The van der Waals surface area contributed by atoms with Crippen molar-refractivity contribution in [2.75, 3.05) is 12.8 Å². The monoisotopic (exact) mass is 592 g/mol. The molecule has 0 aliphatic rings. The summed E-state index contributed by atoms with van der Waals surface area (Å²) in [5.41, 5.74) is 9.95. The first-order valence-electron chi connectivity index (χ1n) is 13.8. The van der Waals surface area contributed by atoms with E-state index in [0.29, 0.717) is 12.8 Å². The van der Waals surface area contributed by atoms with Crippen molar-refractivity contribution >= 4 is 29.6 Å². The Morgan fingerprint density at radius 2 is 1.62 bits per heavy atom. The number of nitrogens with one attached hydrogen (secondary N) is 2. The highest BCUT2D eigenvalue weighted by molar-refractivity contribution is 7.97. The molecule has 0 heterocycles. The molecule has 2 amide bonds. The van der Waals surface area contributed by atoms with Gasteiger partial charge in [0, 0.05) is 18.2 Å². The zero-order chi connectivity index (χ0) is 31.9. The first-order chi connectivity index (χ1) is 20.2. The molecule has 1 unspecified atom stereocenters. The Morgan fingerprint density at radius 3 is 2.14 bits per heavy atom. The first kappa shape index (κ1) is 37.9. The van der Waals surface area contributed by atoms with Gasteiger partial charge in [0.05, 0.1) is 6.54 Å². The van der Waals surface area contributed by atoms with Gasteiger partial charge in [-0.3, -0.25) is 9.59 Å². The maximum Gasteiger partial charge on any atom is 0.288 e. The first-order valence-corrected chi connectivity index (χ1v) is 15.1. The zero-order valence-corrected chi connectivity index (χ0v) is 26.5. The summed E-state index contributed by atoms with van der Waals surface area (Å²) in [5.74, 6) is 4.62. The molecular weight excluding hydrogens is 544 g/mol. The number of hydrazine groups is 1. The maximum absolute atomic E-state index is 12.9. The Labute approximate surface area is 256 Å². The third kappa shape index (κ3) is 15.1. The summed E-state index contributed by atoms with van der Waals surface area (Å²) < 4.78 is 2.75. The van der Waals surface area contributed by atoms with Crippen molar-refractivity contribution < 1.29 is 9.59 Å². The van der Waals surface area contributed by atoms with E-state index in [2.05, 4.69) is 47.0 Å². The van der Waals surface area contributed by atoms with Crippen LogP contribution < -0.4 is 21.6 Å². The van der Waals surface area contributed by atoms with Gasteiger partial charge in [0.25, 0.3) is 5.91 Å². The van der Waals surface area contributed by atoms with E-state index in [0.717, 1.165) is 27.4 Å². The molecule has 9 heteroatoms. The number of nitrogens with zero attached hydrogens (tertiary/aromatic N) is 2. The van der Waals surface area contributed by atoms with Crippen LogP contribution in [0.4, 0.5) is 0 Å². The molecule has 0 aliphatic heterocycles. The van der Waals surface area contributed by atoms with Crippen LogP contribution in [0.25, 0.3) is 11.1 Å². The molecule has 2 aromatic rings. The fraction of sp³-hybridized carbons (Fsp3) is 0.303. The van der Waals surface area contributed by atoms with E-state index in [1.165, 1.54) is 11.9 Å². The van der Waals surface area contributed by atoms with Crippen molar-refractivity contribution in [2.24, 2.45) is 22.6 Å². The summed E-state index contributed by atoms with van der Waals surface area (Å²) in [4.78, 5) is 25.2. The van der Waals surface area contributed by atoms with Crippen molar-refractivity contribution in [3.05, 3.63) is 110 Å². The Morgan fingerprint density at radius 1 is 1.05 bits per heavy atom. The number of carbonyl (C=O) groups is 2. The van der Waals surface area contributed by atoms with Crippen LogP contribution in [-0.2, 0) is 16.0 Å². The van der Waals surface area contributed by atoms with Gasteiger partial charge in [0.2, 0.25) is 11.7 Å². The van der Waals surface area contributed by atoms with Crippen LogP contribution in [0.2, 0.25) is 0 Å². The van der Waals surface area contributed by atoms with Crippen LogP contribution in [0, 0.1) is 5.92 Å². The molecule has 2 aromatic carbocycles. The Kier molecular flexibility index (Phi) is 20.4. The fourth-order valence-corrected chi connectivity index (χ4v) is 4.08. The Bertz CT molecular complexity index is 1160. The summed E-state index contributed by atoms with van der Waals surface area (Å²) in [7, 11) is 0. The average molecular weight is 593 g/mol. The highest BCUT2D eigenvalue weighted by atomic mass is 32.2. The van der Waals surface area contributed by atoms with Gasteiger partial charge in [-0.15, -0.1) is 11.7 Å². The number of carbonyl (C=O) groups excluding carboxylic acids is 2. The molecule has 0 radical (unpaired) electrons. The summed E-state index contributed by atoms with van der Waals surface area (Å²) >= 11 is 1.24. The Hall–Kier alpha value is -4.08. The smallest absolute Gasteiger partial charge is 0.288 e. The topological polar surface area (TPSA) is 126 Å². The van der Waals surface area contributed by atoms with Gasteiger partial charge in [-0.25, -0.2) is 11.0 Å². The number of amides is 2. The van der Waals surface area contributed by atoms with E-state index in [4.69, 9.17) is 11.6 Å². The molecule has 0 bridgehead atoms. The molecular formula is C33H48N6O2S. The molecule has 0 fully saturated rings. The molecule has 8 nitrogen and oxygen atoms in total. The summed E-state index contributed by atoms with van der Waals surface area (Å²) in [6, 6.07) is 17.9. The minimum atomic E-state index is -0.563. The number of rotatable bonds is 13. The van der Waals surface area contributed by atoms with E-state index in [-0.39, 0.29) is 30.2 Å². The molecule has 0 aliphatic carbocycles. The van der Waals surface area contributed by atoms with Gasteiger partial charge in [-0.2, -0.15) is 0 Å². The molecule has 228 valence electrons. The van der Waals surface area contributed by atoms with Gasteiger partial charge in [0.15, 0.2) is 0 Å². The van der Waals surface area contributed by atoms with Crippen LogP contribution in [0.3, 0.4) is 0 Å². The lowest BCUT2D eigenvalue weighted by molar-refractivity contribution is -0.123. The number of amidine groups is 1. The van der Waals surface area contributed by atoms with E-state index < -0.39 is 5.91 Å². The highest BCUT2D eigenvalue weighted by Crippen LogP contribution is 2.21. The molecule has 2 atom stereocenters. The third-order valence-corrected chi connectivity index (χ3v) is 5.98. The molecule has 42 heavy (non-hydrogen) atoms. The molecule has 2 rings (SSSR count). The standard InChI is InChI=1S/C28H36N6O2S.C3H6.C2H6/c1-5-10-21(6-2)19-34(30)32-26(29)28(36)31-25(17-20(3)27(35)33-37-4)18-22-13-15-24(16-14-22)23-11-8-7-9-12-23;1-3-2;1-2/h5-16,20,25H,1-2,17-19,30H2,3-4H3,(H2,29,32)(H,31,36)(H,33,35);3H,1H2,2H3;1-2H3/b21-10+;;/t20-,25?;;/m1../s1. The van der Waals surface area contributed by atoms with E-state index in [1.54, 1.807) is 30.6 Å². The summed E-state index contributed by atoms with van der Waals surface area (Å²) in [6.07, 6.45) is 9.43. The second-order valence-corrected chi connectivity index (χ2v) is 9.53. The van der Waals surface area contributed by atoms with Crippen molar-refractivity contribution in [2.45, 2.75) is 46.6 Å². The van der Waals surface area contributed by atoms with Crippen molar-refractivity contribution in [3.63, 3.8) is 0 Å². The lowest BCUT2D eigenvalue weighted by Crippen LogP contribution is -2.46. The van der Waals surface area contributed by atoms with Crippen molar-refractivity contribution in [3.8, 4) is 11.1 Å². The van der Waals surface area contributed by atoms with Crippen LogP contribution in [0.5, 0.6) is 0 Å². The molecule has 0 saturated carbocycles. The molecule has 6 N–H and O–H groups in total. The fourth-order valence-electron chi connectivity index (χ4n) is 3.68. The lowest BCUT2D eigenvalue weighted by Gasteiger charge is -2.22. The predicted octanol–water partition coefficient (Wildman–Crippen LogP) is 5.77. The number of benzene rings is 2. The maximum atomic E-state index is 12.9. The minimum absolute atomic E-state index is 0.105. The highest BCUT2D eigenvalue weighted by Gasteiger charge is 2.22. The van der Waals surface area contributed by atoms with Crippen LogP contribution in [-0.4, -0.2) is 41.6 Å². The number of nitrogens with two attached hydrogens (primary N) is 2. The van der Waals surface area contributed by atoms with Crippen LogP contribution in [0.1, 0.15) is 39.7 Å². The van der Waals surface area contributed by atoms with Crippen LogP contribution in [0.15, 0.2) is 109 Å². The minimum Gasteiger partial charge on any atom is -0.378 e. The van der Waals surface area contributed by atoms with Crippen LogP contribution >= 0.6 is 11.9 Å². The summed E-state index contributed by atoms with van der Waals surface area (Å²) in [5, 5.41) is 7.97. The Balaban J connectivity index is 0.00000315. The number of allylic oxidation sites excluding steroid dienone is 3. The normalized spacial score (nSPS) is 12.1. The lowest BCUT2D eigenvalue weighted by atomic mass is 9.94. The third-order valence-electron chi connectivity index (χ3n) is 5.57. The molecule has 0 saturated heterocycles. The molecule has 0 spiro atoms. The van der Waals surface area contributed by atoms with Gasteiger partial charge in [-0.1, -0.05) is 125 Å². The molecule has 0 aromatic heterocycles. The predicted molar refractivity (Wildman–Crippen MR) is 181 cm³/mol. The average Bonchev–Trinajstić information content (AvgIpc) is 2.99. The van der Waals surface area contributed by atoms with E-state index >= 15 is 0 Å². The van der Waals surface area contributed by atoms with Crippen molar-refractivity contribution in [1.29, 1.82) is 0 Å². The second-order valence-electron chi connectivity index (χ2n) is 8.92. The largest absolute Gasteiger partial charge is 0.378 e.